The summed E-state index contributed by atoms with van der Waals surface area (Å²) in [6.45, 7) is -0.705. The van der Waals surface area contributed by atoms with Crippen LogP contribution in [0.2, 0.25) is 5.02 Å². The Labute approximate surface area is 189 Å². The number of nitrogens with zero attached hydrogens (tertiary/aromatic N) is 2. The molecule has 0 unspecified atom stereocenters. The van der Waals surface area contributed by atoms with Gasteiger partial charge in [0.05, 0.1) is 17.7 Å². The molecule has 3 aromatic rings. The van der Waals surface area contributed by atoms with Gasteiger partial charge in [-0.1, -0.05) is 35.9 Å². The molecule has 0 saturated heterocycles. The van der Waals surface area contributed by atoms with Gasteiger partial charge in [0, 0.05) is 11.6 Å². The van der Waals surface area contributed by atoms with Crippen LogP contribution < -0.4 is 5.43 Å². The molecule has 3 aromatic carbocycles. The third kappa shape index (κ3) is 6.43. The zero-order valence-corrected chi connectivity index (χ0v) is 18.2. The molecule has 0 aliphatic rings. The molecule has 0 atom stereocenters. The molecule has 1 amide bonds. The highest BCUT2D eigenvalue weighted by Crippen LogP contribution is 2.20. The van der Waals surface area contributed by atoms with Crippen molar-refractivity contribution >= 4 is 33.7 Å². The molecule has 10 heteroatoms. The number of sulfonamides is 1. The van der Waals surface area contributed by atoms with Crippen LogP contribution in [0, 0.1) is 11.6 Å². The molecule has 0 aromatic heterocycles. The summed E-state index contributed by atoms with van der Waals surface area (Å²) in [6, 6.07) is 16.2. The van der Waals surface area contributed by atoms with Crippen molar-refractivity contribution in [2.24, 2.45) is 5.10 Å². The van der Waals surface area contributed by atoms with Gasteiger partial charge in [-0.2, -0.15) is 9.41 Å². The van der Waals surface area contributed by atoms with Crippen LogP contribution in [0.15, 0.2) is 82.8 Å². The van der Waals surface area contributed by atoms with Crippen LogP contribution in [0.25, 0.3) is 0 Å². The summed E-state index contributed by atoms with van der Waals surface area (Å²) in [6.07, 6.45) is 1.30. The Hall–Kier alpha value is -3.14. The Morgan fingerprint density at radius 1 is 0.938 bits per heavy atom. The molecule has 0 aliphatic heterocycles. The van der Waals surface area contributed by atoms with E-state index in [1.54, 1.807) is 0 Å². The number of carbonyl (C=O) groups excluding carboxylic acids is 1. The molecule has 0 bridgehead atoms. The van der Waals surface area contributed by atoms with Crippen molar-refractivity contribution in [3.8, 4) is 0 Å². The van der Waals surface area contributed by atoms with Crippen LogP contribution in [0.1, 0.15) is 11.1 Å². The van der Waals surface area contributed by atoms with E-state index in [1.807, 2.05) is 0 Å². The maximum absolute atomic E-state index is 13.2. The van der Waals surface area contributed by atoms with Gasteiger partial charge in [0.2, 0.25) is 10.0 Å². The van der Waals surface area contributed by atoms with Crippen LogP contribution in [0.3, 0.4) is 0 Å². The fourth-order valence-electron chi connectivity index (χ4n) is 2.70. The maximum atomic E-state index is 13.2. The highest BCUT2D eigenvalue weighted by Gasteiger charge is 2.27. The lowest BCUT2D eigenvalue weighted by atomic mass is 10.2. The fourth-order valence-corrected chi connectivity index (χ4v) is 4.21. The lowest BCUT2D eigenvalue weighted by molar-refractivity contribution is -0.121. The van der Waals surface area contributed by atoms with Gasteiger partial charge in [-0.25, -0.2) is 22.6 Å². The summed E-state index contributed by atoms with van der Waals surface area (Å²) in [5.41, 5.74) is 3.29. The SMILES string of the molecule is O=C(CN(Cc1ccc(F)cc1)S(=O)(=O)c1ccc(Cl)cc1)N/N=C\c1ccc(F)cc1. The number of rotatable bonds is 8. The molecule has 3 rings (SSSR count). The summed E-state index contributed by atoms with van der Waals surface area (Å²) >= 11 is 5.84. The van der Waals surface area contributed by atoms with E-state index in [1.165, 1.54) is 79.0 Å². The van der Waals surface area contributed by atoms with Crippen molar-refractivity contribution in [2.75, 3.05) is 6.54 Å². The molecule has 32 heavy (non-hydrogen) atoms. The summed E-state index contributed by atoms with van der Waals surface area (Å²) < 4.78 is 53.4. The minimum Gasteiger partial charge on any atom is -0.272 e. The average molecular weight is 478 g/mol. The predicted octanol–water partition coefficient (Wildman–Crippen LogP) is 3.96. The van der Waals surface area contributed by atoms with Crippen molar-refractivity contribution in [1.82, 2.24) is 9.73 Å². The molecule has 6 nitrogen and oxygen atoms in total. The standard InChI is InChI=1S/C22H18ClF2N3O3S/c23-18-5-11-21(12-6-18)32(30,31)28(14-17-3-9-20(25)10-4-17)15-22(29)27-26-13-16-1-7-19(24)8-2-16/h1-13H,14-15H2,(H,27,29)/b26-13-. The predicted molar refractivity (Wildman–Crippen MR) is 118 cm³/mol. The van der Waals surface area contributed by atoms with Gasteiger partial charge in [0.25, 0.3) is 5.91 Å². The zero-order valence-electron chi connectivity index (χ0n) is 16.6. The van der Waals surface area contributed by atoms with Crippen LogP contribution in [0.5, 0.6) is 0 Å². The third-order valence-electron chi connectivity index (χ3n) is 4.32. The molecule has 166 valence electrons. The number of halogens is 3. The molecular weight excluding hydrogens is 460 g/mol. The summed E-state index contributed by atoms with van der Waals surface area (Å²) in [4.78, 5) is 12.4. The summed E-state index contributed by atoms with van der Waals surface area (Å²) in [5.74, 6) is -1.56. The quantitative estimate of drug-likeness (QED) is 0.394. The Bertz CT molecular complexity index is 1200. The van der Waals surface area contributed by atoms with Crippen molar-refractivity contribution in [3.05, 3.63) is 101 Å². The van der Waals surface area contributed by atoms with Crippen molar-refractivity contribution in [1.29, 1.82) is 0 Å². The molecule has 0 spiro atoms. The van der Waals surface area contributed by atoms with Crippen molar-refractivity contribution in [2.45, 2.75) is 11.4 Å². The number of benzene rings is 3. The topological polar surface area (TPSA) is 78.8 Å². The maximum Gasteiger partial charge on any atom is 0.255 e. The minimum absolute atomic E-state index is 0.0494. The number of nitrogens with one attached hydrogen (secondary N) is 1. The molecule has 0 saturated carbocycles. The lowest BCUT2D eigenvalue weighted by Gasteiger charge is -2.21. The first-order chi connectivity index (χ1) is 15.2. The monoisotopic (exact) mass is 477 g/mol. The van der Waals surface area contributed by atoms with Crippen molar-refractivity contribution in [3.63, 3.8) is 0 Å². The van der Waals surface area contributed by atoms with E-state index < -0.39 is 34.1 Å². The summed E-state index contributed by atoms with van der Waals surface area (Å²) in [5, 5.41) is 4.14. The highest BCUT2D eigenvalue weighted by atomic mass is 35.5. The van der Waals surface area contributed by atoms with Crippen LogP contribution >= 0.6 is 11.6 Å². The smallest absolute Gasteiger partial charge is 0.255 e. The second-order valence-electron chi connectivity index (χ2n) is 6.70. The normalized spacial score (nSPS) is 11.8. The first kappa shape index (κ1) is 23.5. The number of hydrogen-bond donors (Lipinski definition) is 1. The zero-order chi connectivity index (χ0) is 23.1. The summed E-state index contributed by atoms with van der Waals surface area (Å²) in [7, 11) is -4.08. The number of hydrogen-bond acceptors (Lipinski definition) is 4. The largest absolute Gasteiger partial charge is 0.272 e. The molecule has 0 radical (unpaired) electrons. The first-order valence-electron chi connectivity index (χ1n) is 9.32. The molecular formula is C22H18ClF2N3O3S. The Morgan fingerprint density at radius 2 is 1.50 bits per heavy atom. The first-order valence-corrected chi connectivity index (χ1v) is 11.1. The number of amides is 1. The van der Waals surface area contributed by atoms with E-state index in [0.717, 1.165) is 4.31 Å². The fraction of sp³-hybridized carbons (Fsp3) is 0.0909. The van der Waals surface area contributed by atoms with E-state index >= 15 is 0 Å². The van der Waals surface area contributed by atoms with Gasteiger partial charge in [0.15, 0.2) is 0 Å². The van der Waals surface area contributed by atoms with E-state index in [-0.39, 0.29) is 11.4 Å². The highest BCUT2D eigenvalue weighted by molar-refractivity contribution is 7.89. The minimum atomic E-state index is -4.08. The van der Waals surface area contributed by atoms with Crippen molar-refractivity contribution < 1.29 is 22.0 Å². The van der Waals surface area contributed by atoms with Gasteiger partial charge in [0.1, 0.15) is 11.6 Å². The number of carbonyl (C=O) groups is 1. The molecule has 0 aliphatic carbocycles. The Morgan fingerprint density at radius 3 is 2.09 bits per heavy atom. The lowest BCUT2D eigenvalue weighted by Crippen LogP contribution is -2.39. The van der Waals surface area contributed by atoms with Gasteiger partial charge >= 0.3 is 0 Å². The van der Waals surface area contributed by atoms with Crippen LogP contribution in [-0.2, 0) is 21.4 Å². The van der Waals surface area contributed by atoms with Gasteiger partial charge in [-0.05, 0) is 59.7 Å². The van der Waals surface area contributed by atoms with E-state index in [0.29, 0.717) is 16.1 Å². The Balaban J connectivity index is 1.78. The molecule has 0 heterocycles. The molecule has 0 fully saturated rings. The van der Waals surface area contributed by atoms with Gasteiger partial charge in [-0.3, -0.25) is 4.79 Å². The van der Waals surface area contributed by atoms with E-state index in [2.05, 4.69) is 10.5 Å². The van der Waals surface area contributed by atoms with E-state index in [4.69, 9.17) is 11.6 Å². The van der Waals surface area contributed by atoms with E-state index in [9.17, 15) is 22.0 Å². The van der Waals surface area contributed by atoms with Gasteiger partial charge in [-0.15, -0.1) is 0 Å². The van der Waals surface area contributed by atoms with Crippen LogP contribution in [0.4, 0.5) is 8.78 Å². The Kier molecular flexibility index (Phi) is 7.68. The van der Waals surface area contributed by atoms with Crippen LogP contribution in [-0.4, -0.2) is 31.4 Å². The average Bonchev–Trinajstić information content (AvgIpc) is 2.76. The molecule has 1 N–H and O–H groups in total. The number of hydrazone groups is 1. The second-order valence-corrected chi connectivity index (χ2v) is 9.07. The third-order valence-corrected chi connectivity index (χ3v) is 6.37. The second kappa shape index (κ2) is 10.4. The van der Waals surface area contributed by atoms with Gasteiger partial charge < -0.3 is 0 Å².